The maximum Gasteiger partial charge on any atom is 0.254 e. The molecule has 0 spiro atoms. The van der Waals surface area contributed by atoms with E-state index in [1.165, 1.54) is 11.3 Å². The Bertz CT molecular complexity index is 1090. The molecule has 32 heavy (non-hydrogen) atoms. The Morgan fingerprint density at radius 3 is 2.69 bits per heavy atom. The number of aromatic nitrogens is 1. The topological polar surface area (TPSA) is 78.7 Å². The number of amides is 1. The van der Waals surface area contributed by atoms with Gasteiger partial charge in [-0.25, -0.2) is 4.98 Å². The standard InChI is InChI=1S/C24H24N4O3S/c1-30-23-13-19(5-8-22(23)31-15-20-16-32-17-26-20)24(29)28-10-2-9-27(11-12-28)21-6-3-18(14-25)4-7-21/h3-8,13,16-17H,2,9-12,15H2,1H3. The molecule has 4 rings (SSSR count). The fourth-order valence-electron chi connectivity index (χ4n) is 3.69. The smallest absolute Gasteiger partial charge is 0.254 e. The Hall–Kier alpha value is -3.57. The van der Waals surface area contributed by atoms with E-state index in [0.29, 0.717) is 42.3 Å². The van der Waals surface area contributed by atoms with Crippen LogP contribution in [0, 0.1) is 11.3 Å². The van der Waals surface area contributed by atoms with Gasteiger partial charge in [-0.1, -0.05) is 0 Å². The van der Waals surface area contributed by atoms with Crippen LogP contribution in [0.5, 0.6) is 11.5 Å². The zero-order valence-corrected chi connectivity index (χ0v) is 18.7. The molecule has 164 valence electrons. The van der Waals surface area contributed by atoms with E-state index in [4.69, 9.17) is 14.7 Å². The predicted molar refractivity (Wildman–Crippen MR) is 123 cm³/mol. The van der Waals surface area contributed by atoms with E-state index < -0.39 is 0 Å². The molecule has 1 amide bonds. The second kappa shape index (κ2) is 10.2. The van der Waals surface area contributed by atoms with E-state index >= 15 is 0 Å². The fraction of sp³-hybridized carbons (Fsp3) is 0.292. The molecule has 1 fully saturated rings. The zero-order chi connectivity index (χ0) is 22.3. The van der Waals surface area contributed by atoms with Gasteiger partial charge in [0.05, 0.1) is 29.9 Å². The number of benzene rings is 2. The molecular formula is C24H24N4O3S. The summed E-state index contributed by atoms with van der Waals surface area (Å²) in [6, 6.07) is 15.0. The lowest BCUT2D eigenvalue weighted by Crippen LogP contribution is -2.35. The molecule has 3 aromatic rings. The average molecular weight is 449 g/mol. The molecular weight excluding hydrogens is 424 g/mol. The van der Waals surface area contributed by atoms with Crippen LogP contribution in [0.1, 0.15) is 28.0 Å². The molecule has 0 aliphatic carbocycles. The summed E-state index contributed by atoms with van der Waals surface area (Å²) < 4.78 is 11.3. The third-order valence-corrected chi connectivity index (χ3v) is 6.05. The first-order chi connectivity index (χ1) is 15.7. The molecule has 0 N–H and O–H groups in total. The van der Waals surface area contributed by atoms with E-state index in [-0.39, 0.29) is 5.91 Å². The van der Waals surface area contributed by atoms with Gasteiger partial charge in [-0.2, -0.15) is 5.26 Å². The van der Waals surface area contributed by atoms with Crippen molar-refractivity contribution in [3.05, 3.63) is 70.2 Å². The van der Waals surface area contributed by atoms with Crippen molar-refractivity contribution in [1.82, 2.24) is 9.88 Å². The first-order valence-corrected chi connectivity index (χ1v) is 11.3. The largest absolute Gasteiger partial charge is 0.493 e. The lowest BCUT2D eigenvalue weighted by molar-refractivity contribution is 0.0766. The van der Waals surface area contributed by atoms with Gasteiger partial charge < -0.3 is 19.3 Å². The van der Waals surface area contributed by atoms with E-state index in [2.05, 4.69) is 16.0 Å². The highest BCUT2D eigenvalue weighted by Crippen LogP contribution is 2.29. The lowest BCUT2D eigenvalue weighted by atomic mass is 10.1. The number of thiazole rings is 1. The molecule has 8 heteroatoms. The average Bonchev–Trinajstić information content (AvgIpc) is 3.25. The molecule has 1 aliphatic rings. The summed E-state index contributed by atoms with van der Waals surface area (Å²) in [5.41, 5.74) is 4.92. The Balaban J connectivity index is 1.41. The van der Waals surface area contributed by atoms with Crippen molar-refractivity contribution in [2.45, 2.75) is 13.0 Å². The highest BCUT2D eigenvalue weighted by molar-refractivity contribution is 7.07. The highest BCUT2D eigenvalue weighted by Gasteiger charge is 2.22. The molecule has 1 aromatic heterocycles. The number of rotatable bonds is 6. The molecule has 1 saturated heterocycles. The van der Waals surface area contributed by atoms with Crippen LogP contribution in [0.2, 0.25) is 0 Å². The number of carbonyl (C=O) groups excluding carboxylic acids is 1. The first kappa shape index (κ1) is 21.7. The van der Waals surface area contributed by atoms with E-state index in [9.17, 15) is 4.79 Å². The molecule has 0 radical (unpaired) electrons. The minimum atomic E-state index is -0.0176. The zero-order valence-electron chi connectivity index (χ0n) is 17.9. The van der Waals surface area contributed by atoms with Crippen molar-refractivity contribution in [3.63, 3.8) is 0 Å². The molecule has 0 unspecified atom stereocenters. The SMILES string of the molecule is COc1cc(C(=O)N2CCCN(c3ccc(C#N)cc3)CC2)ccc1OCc1cscn1. The summed E-state index contributed by atoms with van der Waals surface area (Å²) in [5, 5.41) is 10.9. The molecule has 0 atom stereocenters. The van der Waals surface area contributed by atoms with Crippen LogP contribution >= 0.6 is 11.3 Å². The number of carbonyl (C=O) groups is 1. The van der Waals surface area contributed by atoms with Gasteiger partial charge in [-0.05, 0) is 48.9 Å². The van der Waals surface area contributed by atoms with Crippen molar-refractivity contribution in [2.75, 3.05) is 38.2 Å². The van der Waals surface area contributed by atoms with Crippen LogP contribution in [-0.2, 0) is 6.61 Å². The van der Waals surface area contributed by atoms with Crippen LogP contribution in [-0.4, -0.2) is 49.1 Å². The van der Waals surface area contributed by atoms with Gasteiger partial charge in [0.15, 0.2) is 11.5 Å². The van der Waals surface area contributed by atoms with E-state index in [1.807, 2.05) is 34.5 Å². The van der Waals surface area contributed by atoms with E-state index in [1.54, 1.807) is 30.8 Å². The van der Waals surface area contributed by atoms with Crippen LogP contribution in [0.25, 0.3) is 0 Å². The maximum absolute atomic E-state index is 13.2. The number of nitrogens with zero attached hydrogens (tertiary/aromatic N) is 4. The molecule has 7 nitrogen and oxygen atoms in total. The molecule has 2 aromatic carbocycles. The summed E-state index contributed by atoms with van der Waals surface area (Å²) in [6.07, 6.45) is 0.873. The molecule has 0 bridgehead atoms. The van der Waals surface area contributed by atoms with E-state index in [0.717, 1.165) is 30.9 Å². The molecule has 1 aliphatic heterocycles. The van der Waals surface area contributed by atoms with Gasteiger partial charge in [0, 0.05) is 42.8 Å². The lowest BCUT2D eigenvalue weighted by Gasteiger charge is -2.24. The number of hydrogen-bond donors (Lipinski definition) is 0. The Morgan fingerprint density at radius 1 is 1.12 bits per heavy atom. The molecule has 2 heterocycles. The third kappa shape index (κ3) is 5.01. The van der Waals surface area contributed by atoms with Gasteiger partial charge in [0.1, 0.15) is 6.61 Å². The van der Waals surface area contributed by atoms with Crippen molar-refractivity contribution < 1.29 is 14.3 Å². The van der Waals surface area contributed by atoms with Crippen molar-refractivity contribution >= 4 is 22.9 Å². The van der Waals surface area contributed by atoms with Crippen molar-refractivity contribution in [1.29, 1.82) is 5.26 Å². The van der Waals surface area contributed by atoms with Crippen molar-refractivity contribution in [2.24, 2.45) is 0 Å². The second-order valence-corrected chi connectivity index (χ2v) is 8.14. The molecule has 0 saturated carbocycles. The summed E-state index contributed by atoms with van der Waals surface area (Å²) in [4.78, 5) is 21.5. The normalized spacial score (nSPS) is 13.9. The minimum Gasteiger partial charge on any atom is -0.493 e. The first-order valence-electron chi connectivity index (χ1n) is 10.4. The van der Waals surface area contributed by atoms with Gasteiger partial charge >= 0.3 is 0 Å². The monoisotopic (exact) mass is 448 g/mol. The summed E-state index contributed by atoms with van der Waals surface area (Å²) in [7, 11) is 1.57. The number of anilines is 1. The quantitative estimate of drug-likeness (QED) is 0.568. The Morgan fingerprint density at radius 2 is 1.97 bits per heavy atom. The van der Waals surface area contributed by atoms with Crippen LogP contribution in [0.3, 0.4) is 0 Å². The van der Waals surface area contributed by atoms with Crippen LogP contribution < -0.4 is 14.4 Å². The van der Waals surface area contributed by atoms with Gasteiger partial charge in [0.25, 0.3) is 5.91 Å². The minimum absolute atomic E-state index is 0.0176. The third-order valence-electron chi connectivity index (χ3n) is 5.41. The van der Waals surface area contributed by atoms with Gasteiger partial charge in [-0.15, -0.1) is 11.3 Å². The summed E-state index contributed by atoms with van der Waals surface area (Å²) in [6.45, 7) is 3.27. The number of ether oxygens (including phenoxy) is 2. The number of hydrogen-bond acceptors (Lipinski definition) is 7. The summed E-state index contributed by atoms with van der Waals surface area (Å²) >= 11 is 1.52. The number of nitriles is 1. The number of methoxy groups -OCH3 is 1. The fourth-order valence-corrected chi connectivity index (χ4v) is 4.23. The Labute approximate surface area is 191 Å². The van der Waals surface area contributed by atoms with Crippen LogP contribution in [0.15, 0.2) is 53.4 Å². The second-order valence-electron chi connectivity index (χ2n) is 7.43. The van der Waals surface area contributed by atoms with Crippen molar-refractivity contribution in [3.8, 4) is 17.6 Å². The summed E-state index contributed by atoms with van der Waals surface area (Å²) in [5.74, 6) is 1.09. The predicted octanol–water partition coefficient (Wildman–Crippen LogP) is 3.95. The van der Waals surface area contributed by atoms with Crippen LogP contribution in [0.4, 0.5) is 5.69 Å². The van der Waals surface area contributed by atoms with Gasteiger partial charge in [-0.3, -0.25) is 4.79 Å². The highest BCUT2D eigenvalue weighted by atomic mass is 32.1. The maximum atomic E-state index is 13.2. The van der Waals surface area contributed by atoms with Gasteiger partial charge in [0.2, 0.25) is 0 Å². The Kier molecular flexibility index (Phi) is 6.87.